The van der Waals surface area contributed by atoms with E-state index in [2.05, 4.69) is 33.4 Å². The Morgan fingerprint density at radius 1 is 1.53 bits per heavy atom. The molecule has 2 rings (SSSR count). The molecule has 1 aliphatic rings. The summed E-state index contributed by atoms with van der Waals surface area (Å²) in [5.74, 6) is 0.319. The Morgan fingerprint density at radius 3 is 3.12 bits per heavy atom. The summed E-state index contributed by atoms with van der Waals surface area (Å²) in [6.07, 6.45) is 0. The molecule has 0 aliphatic carbocycles. The molecule has 0 bridgehead atoms. The average molecular weight is 297 g/mol. The second kappa shape index (κ2) is 5.65. The van der Waals surface area contributed by atoms with Gasteiger partial charge < -0.3 is 10.2 Å². The van der Waals surface area contributed by atoms with Crippen LogP contribution in [0.3, 0.4) is 0 Å². The van der Waals surface area contributed by atoms with Crippen LogP contribution in [0.1, 0.15) is 12.5 Å². The van der Waals surface area contributed by atoms with E-state index in [1.165, 1.54) is 5.56 Å². The van der Waals surface area contributed by atoms with Crippen LogP contribution in [0.25, 0.3) is 0 Å². The summed E-state index contributed by atoms with van der Waals surface area (Å²) in [7, 11) is 0. The zero-order valence-electron chi connectivity index (χ0n) is 9.95. The van der Waals surface area contributed by atoms with Crippen molar-refractivity contribution in [2.24, 2.45) is 5.92 Å². The van der Waals surface area contributed by atoms with Crippen LogP contribution in [0.4, 0.5) is 0 Å². The Balaban J connectivity index is 2.08. The highest BCUT2D eigenvalue weighted by atomic mass is 79.9. The lowest BCUT2D eigenvalue weighted by Gasteiger charge is -2.22. The van der Waals surface area contributed by atoms with Gasteiger partial charge >= 0.3 is 0 Å². The third-order valence-electron chi connectivity index (χ3n) is 3.00. The van der Waals surface area contributed by atoms with Gasteiger partial charge in [-0.05, 0) is 17.7 Å². The van der Waals surface area contributed by atoms with Crippen LogP contribution >= 0.6 is 15.9 Å². The minimum Gasteiger partial charge on any atom is -0.337 e. The highest BCUT2D eigenvalue weighted by Gasteiger charge is 2.22. The quantitative estimate of drug-likeness (QED) is 0.906. The van der Waals surface area contributed by atoms with Crippen LogP contribution in [0, 0.1) is 5.92 Å². The number of carbonyl (C=O) groups excluding carboxylic acids is 1. The fourth-order valence-corrected chi connectivity index (χ4v) is 2.50. The summed E-state index contributed by atoms with van der Waals surface area (Å²) in [4.78, 5) is 14.0. The number of rotatable bonds is 2. The normalized spacial score (nSPS) is 21.4. The number of benzene rings is 1. The summed E-state index contributed by atoms with van der Waals surface area (Å²) in [6.45, 7) is 5.13. The standard InChI is InChI=1S/C13H17BrN2O/c1-10-8-15-5-6-16(13(10)17)9-11-3-2-4-12(14)7-11/h2-4,7,10,15H,5-6,8-9H2,1H3. The van der Waals surface area contributed by atoms with Gasteiger partial charge in [-0.1, -0.05) is 35.0 Å². The molecule has 0 aromatic heterocycles. The van der Waals surface area contributed by atoms with Gasteiger partial charge in [0.25, 0.3) is 0 Å². The number of hydrogen-bond donors (Lipinski definition) is 1. The Kier molecular flexibility index (Phi) is 4.18. The Morgan fingerprint density at radius 2 is 2.35 bits per heavy atom. The summed E-state index contributed by atoms with van der Waals surface area (Å²) >= 11 is 3.45. The predicted octanol–water partition coefficient (Wildman–Crippen LogP) is 2.02. The average Bonchev–Trinajstić information content (AvgIpc) is 2.45. The molecule has 1 heterocycles. The zero-order valence-corrected chi connectivity index (χ0v) is 11.5. The predicted molar refractivity (Wildman–Crippen MR) is 71.6 cm³/mol. The lowest BCUT2D eigenvalue weighted by molar-refractivity contribution is -0.134. The van der Waals surface area contributed by atoms with Crippen LogP contribution in [-0.4, -0.2) is 30.4 Å². The van der Waals surface area contributed by atoms with Gasteiger partial charge in [-0.3, -0.25) is 4.79 Å². The van der Waals surface area contributed by atoms with Crippen LogP contribution < -0.4 is 5.32 Å². The third kappa shape index (κ3) is 3.30. The number of hydrogen-bond acceptors (Lipinski definition) is 2. The second-order valence-corrected chi connectivity index (χ2v) is 5.41. The number of halogens is 1. The first-order valence-corrected chi connectivity index (χ1v) is 6.70. The molecule has 4 heteroatoms. The van der Waals surface area contributed by atoms with E-state index in [4.69, 9.17) is 0 Å². The minimum atomic E-state index is 0.0738. The zero-order chi connectivity index (χ0) is 12.3. The van der Waals surface area contributed by atoms with E-state index in [-0.39, 0.29) is 11.8 Å². The summed E-state index contributed by atoms with van der Waals surface area (Å²) in [5, 5.41) is 3.28. The first-order chi connectivity index (χ1) is 8.16. The van der Waals surface area contributed by atoms with Crippen LogP contribution in [-0.2, 0) is 11.3 Å². The molecule has 0 spiro atoms. The maximum atomic E-state index is 12.1. The van der Waals surface area contributed by atoms with E-state index in [1.54, 1.807) is 0 Å². The van der Waals surface area contributed by atoms with Crippen molar-refractivity contribution in [3.63, 3.8) is 0 Å². The van der Waals surface area contributed by atoms with Crippen molar-refractivity contribution >= 4 is 21.8 Å². The van der Waals surface area contributed by atoms with E-state index in [9.17, 15) is 4.79 Å². The molecule has 0 saturated carbocycles. The Hall–Kier alpha value is -0.870. The van der Waals surface area contributed by atoms with Crippen molar-refractivity contribution < 1.29 is 4.79 Å². The molecular weight excluding hydrogens is 280 g/mol. The molecule has 1 saturated heterocycles. The maximum absolute atomic E-state index is 12.1. The first kappa shape index (κ1) is 12.6. The van der Waals surface area contributed by atoms with Crippen molar-refractivity contribution in [3.05, 3.63) is 34.3 Å². The third-order valence-corrected chi connectivity index (χ3v) is 3.50. The molecule has 1 fully saturated rings. The molecule has 1 N–H and O–H groups in total. The molecule has 0 radical (unpaired) electrons. The van der Waals surface area contributed by atoms with Crippen LogP contribution in [0.5, 0.6) is 0 Å². The second-order valence-electron chi connectivity index (χ2n) is 4.49. The van der Waals surface area contributed by atoms with Gasteiger partial charge in [-0.15, -0.1) is 0 Å². The largest absolute Gasteiger partial charge is 0.337 e. The molecular formula is C13H17BrN2O. The fourth-order valence-electron chi connectivity index (χ4n) is 2.05. The van der Waals surface area contributed by atoms with Gasteiger partial charge in [0.05, 0.1) is 0 Å². The molecule has 3 nitrogen and oxygen atoms in total. The lowest BCUT2D eigenvalue weighted by Crippen LogP contribution is -2.34. The molecule has 17 heavy (non-hydrogen) atoms. The van der Waals surface area contributed by atoms with E-state index < -0.39 is 0 Å². The Labute approximate surface area is 110 Å². The van der Waals surface area contributed by atoms with Crippen molar-refractivity contribution in [1.29, 1.82) is 0 Å². The first-order valence-electron chi connectivity index (χ1n) is 5.91. The number of nitrogens with one attached hydrogen (secondary N) is 1. The highest BCUT2D eigenvalue weighted by Crippen LogP contribution is 2.15. The van der Waals surface area contributed by atoms with E-state index in [0.717, 1.165) is 24.1 Å². The summed E-state index contributed by atoms with van der Waals surface area (Å²) < 4.78 is 1.06. The van der Waals surface area contributed by atoms with Crippen molar-refractivity contribution in [2.75, 3.05) is 19.6 Å². The topological polar surface area (TPSA) is 32.3 Å². The molecule has 1 aliphatic heterocycles. The van der Waals surface area contributed by atoms with Crippen LogP contribution in [0.2, 0.25) is 0 Å². The maximum Gasteiger partial charge on any atom is 0.227 e. The molecule has 92 valence electrons. The van der Waals surface area contributed by atoms with Gasteiger partial charge in [0.2, 0.25) is 5.91 Å². The summed E-state index contributed by atoms with van der Waals surface area (Å²) in [5.41, 5.74) is 1.17. The van der Waals surface area contributed by atoms with Gasteiger partial charge in [0.1, 0.15) is 0 Å². The molecule has 1 unspecified atom stereocenters. The van der Waals surface area contributed by atoms with Crippen molar-refractivity contribution in [1.82, 2.24) is 10.2 Å². The van der Waals surface area contributed by atoms with E-state index >= 15 is 0 Å². The van der Waals surface area contributed by atoms with Gasteiger partial charge in [0.15, 0.2) is 0 Å². The molecule has 1 amide bonds. The fraction of sp³-hybridized carbons (Fsp3) is 0.462. The smallest absolute Gasteiger partial charge is 0.227 e. The number of amides is 1. The minimum absolute atomic E-state index is 0.0738. The van der Waals surface area contributed by atoms with Gasteiger partial charge in [-0.25, -0.2) is 0 Å². The number of nitrogens with zero attached hydrogens (tertiary/aromatic N) is 1. The highest BCUT2D eigenvalue weighted by molar-refractivity contribution is 9.10. The van der Waals surface area contributed by atoms with E-state index in [1.807, 2.05) is 24.0 Å². The van der Waals surface area contributed by atoms with Gasteiger partial charge in [0, 0.05) is 36.6 Å². The summed E-state index contributed by atoms with van der Waals surface area (Å²) in [6, 6.07) is 8.12. The molecule has 1 atom stereocenters. The monoisotopic (exact) mass is 296 g/mol. The van der Waals surface area contributed by atoms with Gasteiger partial charge in [-0.2, -0.15) is 0 Å². The molecule has 1 aromatic rings. The SMILES string of the molecule is CC1CNCCN(Cc2cccc(Br)c2)C1=O. The Bertz CT molecular complexity index is 408. The van der Waals surface area contributed by atoms with Crippen molar-refractivity contribution in [2.45, 2.75) is 13.5 Å². The lowest BCUT2D eigenvalue weighted by atomic mass is 10.1. The molecule has 1 aromatic carbocycles. The van der Waals surface area contributed by atoms with E-state index in [0.29, 0.717) is 6.54 Å². The number of carbonyl (C=O) groups is 1. The van der Waals surface area contributed by atoms with Crippen LogP contribution in [0.15, 0.2) is 28.7 Å². The van der Waals surface area contributed by atoms with Crippen molar-refractivity contribution in [3.8, 4) is 0 Å².